The minimum absolute atomic E-state index is 0.903. The van der Waals surface area contributed by atoms with Crippen molar-refractivity contribution in [2.24, 2.45) is 0 Å². The highest BCUT2D eigenvalue weighted by atomic mass is 15.3. The molecule has 5 aromatic rings. The minimum atomic E-state index is 0.903. The van der Waals surface area contributed by atoms with Gasteiger partial charge in [-0.05, 0) is 42.7 Å². The molecule has 0 bridgehead atoms. The maximum atomic E-state index is 5.01. The Hall–Kier alpha value is -3.72. The van der Waals surface area contributed by atoms with Crippen LogP contribution in [0, 0.1) is 0 Å². The fourth-order valence-electron chi connectivity index (χ4n) is 3.65. The Balaban J connectivity index is 1.59. The summed E-state index contributed by atoms with van der Waals surface area (Å²) in [6.45, 7) is 0. The lowest BCUT2D eigenvalue weighted by Crippen LogP contribution is -2.00. The number of benzene rings is 3. The van der Waals surface area contributed by atoms with Gasteiger partial charge in [-0.25, -0.2) is 9.67 Å². The highest BCUT2D eigenvalue weighted by Gasteiger charge is 2.15. The van der Waals surface area contributed by atoms with Crippen molar-refractivity contribution >= 4 is 11.0 Å². The van der Waals surface area contributed by atoms with E-state index in [-0.39, 0.29) is 0 Å². The molecule has 0 saturated heterocycles. The van der Waals surface area contributed by atoms with E-state index < -0.39 is 0 Å². The molecule has 0 aliphatic rings. The summed E-state index contributed by atoms with van der Waals surface area (Å²) in [5.74, 6) is 0. The maximum absolute atomic E-state index is 5.01. The molecule has 3 heteroatoms. The van der Waals surface area contributed by atoms with Gasteiger partial charge in [-0.3, -0.25) is 0 Å². The first-order chi connectivity index (χ1) is 14.4. The third kappa shape index (κ3) is 3.55. The Morgan fingerprint density at radius 3 is 2.00 bits per heavy atom. The molecule has 2 heterocycles. The standard InChI is InChI=1S/C26H21N3/c1-4-10-20(11-5-1)16-17-22-18-19-24-25(21-12-6-2-7-13-21)28-29(26(24)27-22)23-14-8-3-9-15-23/h1-15,18-19H,16-17H2. The Morgan fingerprint density at radius 1 is 0.621 bits per heavy atom. The Kier molecular flexibility index (Phi) is 4.63. The molecule has 29 heavy (non-hydrogen) atoms. The molecule has 0 N–H and O–H groups in total. The molecule has 0 fully saturated rings. The predicted molar refractivity (Wildman–Crippen MR) is 118 cm³/mol. The minimum Gasteiger partial charge on any atom is -0.233 e. The number of para-hydroxylation sites is 1. The van der Waals surface area contributed by atoms with Crippen LogP contribution in [0.3, 0.4) is 0 Å². The van der Waals surface area contributed by atoms with Gasteiger partial charge in [0.25, 0.3) is 0 Å². The van der Waals surface area contributed by atoms with Crippen LogP contribution in [0.15, 0.2) is 103 Å². The molecule has 140 valence electrons. The number of aromatic nitrogens is 3. The van der Waals surface area contributed by atoms with Crippen molar-refractivity contribution in [1.29, 1.82) is 0 Å². The van der Waals surface area contributed by atoms with Crippen LogP contribution in [0.25, 0.3) is 28.0 Å². The molecule has 5 rings (SSSR count). The van der Waals surface area contributed by atoms with Gasteiger partial charge >= 0.3 is 0 Å². The predicted octanol–water partition coefficient (Wildman–Crippen LogP) is 5.87. The summed E-state index contributed by atoms with van der Waals surface area (Å²) in [5, 5.41) is 6.02. The summed E-state index contributed by atoms with van der Waals surface area (Å²) in [6, 6.07) is 35.4. The molecule has 3 nitrogen and oxygen atoms in total. The van der Waals surface area contributed by atoms with Gasteiger partial charge in [0.1, 0.15) is 5.69 Å². The highest BCUT2D eigenvalue weighted by molar-refractivity contribution is 5.92. The summed E-state index contributed by atoms with van der Waals surface area (Å²) in [7, 11) is 0. The zero-order chi connectivity index (χ0) is 19.5. The number of fused-ring (bicyclic) bond motifs is 1. The van der Waals surface area contributed by atoms with Crippen molar-refractivity contribution in [3.05, 3.63) is 114 Å². The molecule has 0 aliphatic carbocycles. The zero-order valence-electron chi connectivity index (χ0n) is 16.1. The van der Waals surface area contributed by atoms with Gasteiger partial charge in [-0.2, -0.15) is 5.10 Å². The molecular weight excluding hydrogens is 354 g/mol. The fraction of sp³-hybridized carbons (Fsp3) is 0.0769. The van der Waals surface area contributed by atoms with Crippen molar-refractivity contribution in [3.8, 4) is 16.9 Å². The molecule has 0 radical (unpaired) electrons. The number of rotatable bonds is 5. The lowest BCUT2D eigenvalue weighted by Gasteiger charge is -2.05. The van der Waals surface area contributed by atoms with Crippen molar-refractivity contribution in [2.75, 3.05) is 0 Å². The first kappa shape index (κ1) is 17.4. The Morgan fingerprint density at radius 2 is 1.28 bits per heavy atom. The monoisotopic (exact) mass is 375 g/mol. The summed E-state index contributed by atoms with van der Waals surface area (Å²) in [4.78, 5) is 5.01. The molecular formula is C26H21N3. The fourth-order valence-corrected chi connectivity index (χ4v) is 3.65. The van der Waals surface area contributed by atoms with E-state index in [1.807, 2.05) is 41.1 Å². The number of pyridine rings is 1. The second kappa shape index (κ2) is 7.72. The number of hydrogen-bond donors (Lipinski definition) is 0. The third-order valence-corrected chi connectivity index (χ3v) is 5.15. The molecule has 0 saturated carbocycles. The summed E-state index contributed by atoms with van der Waals surface area (Å²) < 4.78 is 1.96. The average molecular weight is 375 g/mol. The second-order valence-electron chi connectivity index (χ2n) is 7.12. The largest absolute Gasteiger partial charge is 0.233 e. The highest BCUT2D eigenvalue weighted by Crippen LogP contribution is 2.29. The SMILES string of the molecule is c1ccc(CCc2ccc3c(-c4ccccc4)nn(-c4ccccc4)c3n2)cc1. The summed E-state index contributed by atoms with van der Waals surface area (Å²) in [5.41, 5.74) is 6.40. The van der Waals surface area contributed by atoms with Gasteiger partial charge in [0.2, 0.25) is 0 Å². The van der Waals surface area contributed by atoms with Crippen LogP contribution in [-0.4, -0.2) is 14.8 Å². The van der Waals surface area contributed by atoms with Crippen LogP contribution in [0.5, 0.6) is 0 Å². The molecule has 3 aromatic carbocycles. The van der Waals surface area contributed by atoms with E-state index in [0.29, 0.717) is 0 Å². The average Bonchev–Trinajstić information content (AvgIpc) is 3.18. The van der Waals surface area contributed by atoms with E-state index in [1.54, 1.807) is 0 Å². The third-order valence-electron chi connectivity index (χ3n) is 5.15. The lowest BCUT2D eigenvalue weighted by atomic mass is 10.1. The molecule has 0 aliphatic heterocycles. The topological polar surface area (TPSA) is 30.7 Å². The molecule has 2 aromatic heterocycles. The summed E-state index contributed by atoms with van der Waals surface area (Å²) in [6.07, 6.45) is 1.88. The van der Waals surface area contributed by atoms with E-state index in [0.717, 1.165) is 46.5 Å². The Bertz CT molecular complexity index is 1230. The Labute approximate surface area is 170 Å². The van der Waals surface area contributed by atoms with Gasteiger partial charge in [0, 0.05) is 16.6 Å². The van der Waals surface area contributed by atoms with Gasteiger partial charge in [0.15, 0.2) is 5.65 Å². The van der Waals surface area contributed by atoms with Crippen molar-refractivity contribution in [3.63, 3.8) is 0 Å². The van der Waals surface area contributed by atoms with Crippen molar-refractivity contribution in [1.82, 2.24) is 14.8 Å². The quantitative estimate of drug-likeness (QED) is 0.384. The molecule has 0 unspecified atom stereocenters. The van der Waals surface area contributed by atoms with Crippen LogP contribution in [-0.2, 0) is 12.8 Å². The number of hydrogen-bond acceptors (Lipinski definition) is 2. The van der Waals surface area contributed by atoms with Crippen LogP contribution in [0.4, 0.5) is 0 Å². The van der Waals surface area contributed by atoms with E-state index in [4.69, 9.17) is 10.1 Å². The lowest BCUT2D eigenvalue weighted by molar-refractivity contribution is 0.877. The molecule has 0 atom stereocenters. The van der Waals surface area contributed by atoms with Crippen molar-refractivity contribution < 1.29 is 0 Å². The van der Waals surface area contributed by atoms with Gasteiger partial charge < -0.3 is 0 Å². The zero-order valence-corrected chi connectivity index (χ0v) is 16.1. The van der Waals surface area contributed by atoms with Gasteiger partial charge in [-0.1, -0.05) is 78.9 Å². The first-order valence-corrected chi connectivity index (χ1v) is 9.92. The molecule has 0 spiro atoms. The van der Waals surface area contributed by atoms with Crippen LogP contribution in [0.1, 0.15) is 11.3 Å². The maximum Gasteiger partial charge on any atom is 0.163 e. The second-order valence-corrected chi connectivity index (χ2v) is 7.12. The number of aryl methyl sites for hydroxylation is 2. The smallest absolute Gasteiger partial charge is 0.163 e. The van der Waals surface area contributed by atoms with E-state index in [9.17, 15) is 0 Å². The van der Waals surface area contributed by atoms with Gasteiger partial charge in [-0.15, -0.1) is 0 Å². The normalized spacial score (nSPS) is 11.0. The number of nitrogens with zero attached hydrogens (tertiary/aromatic N) is 3. The van der Waals surface area contributed by atoms with Crippen LogP contribution >= 0.6 is 0 Å². The van der Waals surface area contributed by atoms with Crippen LogP contribution < -0.4 is 0 Å². The van der Waals surface area contributed by atoms with Crippen LogP contribution in [0.2, 0.25) is 0 Å². The summed E-state index contributed by atoms with van der Waals surface area (Å²) >= 11 is 0. The van der Waals surface area contributed by atoms with E-state index in [1.165, 1.54) is 5.56 Å². The van der Waals surface area contributed by atoms with E-state index >= 15 is 0 Å². The van der Waals surface area contributed by atoms with E-state index in [2.05, 4.69) is 66.7 Å². The molecule has 0 amide bonds. The van der Waals surface area contributed by atoms with Crippen molar-refractivity contribution in [2.45, 2.75) is 12.8 Å². The first-order valence-electron chi connectivity index (χ1n) is 9.92. The van der Waals surface area contributed by atoms with Gasteiger partial charge in [0.05, 0.1) is 5.69 Å².